The maximum atomic E-state index is 13.8. The van der Waals surface area contributed by atoms with E-state index in [-0.39, 0.29) is 18.0 Å². The number of hydrogen-bond donors (Lipinski definition) is 1. The summed E-state index contributed by atoms with van der Waals surface area (Å²) in [4.78, 5) is 38.8. The van der Waals surface area contributed by atoms with E-state index in [1.54, 1.807) is 66.7 Å². The minimum Gasteiger partial charge on any atom is -0.494 e. The fraction of sp³-hybridized carbons (Fsp3) is 0.115. The molecule has 0 spiro atoms. The molecule has 0 radical (unpaired) electrons. The molecule has 8 heteroatoms. The van der Waals surface area contributed by atoms with E-state index in [0.29, 0.717) is 34.9 Å². The van der Waals surface area contributed by atoms with Crippen LogP contribution in [-0.2, 0) is 16.2 Å². The molecule has 0 saturated carbocycles. The van der Waals surface area contributed by atoms with Gasteiger partial charge in [-0.2, -0.15) is 0 Å². The Morgan fingerprint density at radius 3 is 2.41 bits per heavy atom. The van der Waals surface area contributed by atoms with Gasteiger partial charge in [0.25, 0.3) is 11.8 Å². The van der Waals surface area contributed by atoms with Crippen molar-refractivity contribution in [1.29, 1.82) is 0 Å². The van der Waals surface area contributed by atoms with Gasteiger partial charge in [0.2, 0.25) is 0 Å². The highest BCUT2D eigenvalue weighted by atomic mass is 19.1. The van der Waals surface area contributed by atoms with Gasteiger partial charge in [-0.3, -0.25) is 14.9 Å². The first kappa shape index (κ1) is 22.7. The third-order valence-corrected chi connectivity index (χ3v) is 5.03. The second kappa shape index (κ2) is 9.99. The van der Waals surface area contributed by atoms with Crippen LogP contribution in [0.15, 0.2) is 78.4 Å². The summed E-state index contributed by atoms with van der Waals surface area (Å²) in [7, 11) is 0. The smallest absolute Gasteiger partial charge is 0.335 e. The third kappa shape index (κ3) is 4.96. The molecule has 1 aliphatic heterocycles. The number of carbonyl (C=O) groups is 3. The minimum absolute atomic E-state index is 0.0200. The molecule has 3 aromatic carbocycles. The Morgan fingerprint density at radius 2 is 1.68 bits per heavy atom. The molecule has 3 aromatic rings. The zero-order valence-corrected chi connectivity index (χ0v) is 18.3. The average Bonchev–Trinajstić information content (AvgIpc) is 2.83. The van der Waals surface area contributed by atoms with E-state index in [2.05, 4.69) is 5.32 Å². The van der Waals surface area contributed by atoms with Gasteiger partial charge in [-0.1, -0.05) is 30.3 Å². The Hall–Kier alpha value is -4.46. The summed E-state index contributed by atoms with van der Waals surface area (Å²) >= 11 is 0. The van der Waals surface area contributed by atoms with Gasteiger partial charge in [0.15, 0.2) is 0 Å². The number of imide groups is 2. The Kier molecular flexibility index (Phi) is 6.68. The van der Waals surface area contributed by atoms with Gasteiger partial charge in [-0.15, -0.1) is 0 Å². The molecular weight excluding hydrogens is 439 g/mol. The number of halogens is 1. The molecule has 0 aliphatic carbocycles. The number of barbiturate groups is 1. The number of benzene rings is 3. The summed E-state index contributed by atoms with van der Waals surface area (Å²) in [5, 5.41) is 2.19. The molecule has 1 aliphatic rings. The van der Waals surface area contributed by atoms with E-state index in [0.717, 1.165) is 4.90 Å². The van der Waals surface area contributed by atoms with E-state index < -0.39 is 17.8 Å². The average molecular weight is 460 g/mol. The Labute approximate surface area is 195 Å². The Bertz CT molecular complexity index is 1270. The van der Waals surface area contributed by atoms with Gasteiger partial charge in [0, 0.05) is 5.56 Å². The number of anilines is 1. The molecular formula is C26H21FN2O5. The fourth-order valence-corrected chi connectivity index (χ4v) is 3.39. The quantitative estimate of drug-likeness (QED) is 0.415. The van der Waals surface area contributed by atoms with Gasteiger partial charge >= 0.3 is 6.03 Å². The molecule has 34 heavy (non-hydrogen) atoms. The lowest BCUT2D eigenvalue weighted by atomic mass is 10.1. The van der Waals surface area contributed by atoms with Crippen molar-refractivity contribution in [3.63, 3.8) is 0 Å². The van der Waals surface area contributed by atoms with Crippen molar-refractivity contribution in [3.8, 4) is 11.5 Å². The third-order valence-electron chi connectivity index (χ3n) is 5.03. The van der Waals surface area contributed by atoms with Crippen molar-refractivity contribution >= 4 is 29.6 Å². The largest absolute Gasteiger partial charge is 0.494 e. The van der Waals surface area contributed by atoms with Gasteiger partial charge in [0.1, 0.15) is 29.5 Å². The van der Waals surface area contributed by atoms with Crippen molar-refractivity contribution in [3.05, 3.63) is 95.3 Å². The molecule has 1 fully saturated rings. The lowest BCUT2D eigenvalue weighted by molar-refractivity contribution is -0.122. The van der Waals surface area contributed by atoms with Crippen LogP contribution >= 0.6 is 0 Å². The molecule has 0 bridgehead atoms. The van der Waals surface area contributed by atoms with Crippen LogP contribution in [0.3, 0.4) is 0 Å². The van der Waals surface area contributed by atoms with Gasteiger partial charge in [0.05, 0.1) is 12.3 Å². The number of ether oxygens (including phenoxy) is 2. The second-order valence-electron chi connectivity index (χ2n) is 7.34. The number of urea groups is 1. The zero-order chi connectivity index (χ0) is 24.1. The van der Waals surface area contributed by atoms with E-state index in [9.17, 15) is 18.8 Å². The van der Waals surface area contributed by atoms with Crippen LogP contribution < -0.4 is 19.7 Å². The fourth-order valence-electron chi connectivity index (χ4n) is 3.39. The SMILES string of the molecule is CCOc1ccc(N2C(=O)NC(=O)/C(=C/c3cccc(OCc4ccccc4F)c3)C2=O)cc1. The van der Waals surface area contributed by atoms with Crippen LogP contribution in [0.2, 0.25) is 0 Å². The molecule has 7 nitrogen and oxygen atoms in total. The molecule has 0 aromatic heterocycles. The summed E-state index contributed by atoms with van der Waals surface area (Å²) in [6, 6.07) is 18.5. The van der Waals surface area contributed by atoms with E-state index in [1.165, 1.54) is 12.1 Å². The predicted octanol–water partition coefficient (Wildman–Crippen LogP) is 4.47. The molecule has 4 amide bonds. The van der Waals surface area contributed by atoms with Gasteiger partial charge in [-0.25, -0.2) is 14.1 Å². The van der Waals surface area contributed by atoms with Crippen molar-refractivity contribution < 1.29 is 28.2 Å². The summed E-state index contributed by atoms with van der Waals surface area (Å²) in [6.07, 6.45) is 1.38. The number of hydrogen-bond acceptors (Lipinski definition) is 5. The summed E-state index contributed by atoms with van der Waals surface area (Å²) < 4.78 is 24.9. The van der Waals surface area contributed by atoms with E-state index in [1.807, 2.05) is 6.92 Å². The predicted molar refractivity (Wildman–Crippen MR) is 124 cm³/mol. The van der Waals surface area contributed by atoms with Crippen LogP contribution in [0, 0.1) is 5.82 Å². The van der Waals surface area contributed by atoms with Crippen molar-refractivity contribution in [2.45, 2.75) is 13.5 Å². The lowest BCUT2D eigenvalue weighted by Crippen LogP contribution is -2.54. The van der Waals surface area contributed by atoms with Crippen molar-refractivity contribution in [2.75, 3.05) is 11.5 Å². The first-order valence-electron chi connectivity index (χ1n) is 10.6. The molecule has 1 heterocycles. The summed E-state index contributed by atoms with van der Waals surface area (Å²) in [5.41, 5.74) is 0.995. The van der Waals surface area contributed by atoms with Gasteiger partial charge < -0.3 is 9.47 Å². The monoisotopic (exact) mass is 460 g/mol. The minimum atomic E-state index is -0.835. The van der Waals surface area contributed by atoms with Gasteiger partial charge in [-0.05, 0) is 61.0 Å². The number of rotatable bonds is 7. The number of nitrogens with one attached hydrogen (secondary N) is 1. The molecule has 4 rings (SSSR count). The number of nitrogens with zero attached hydrogens (tertiary/aromatic N) is 1. The highest BCUT2D eigenvalue weighted by Gasteiger charge is 2.36. The molecule has 1 saturated heterocycles. The van der Waals surface area contributed by atoms with Crippen LogP contribution in [0.4, 0.5) is 14.9 Å². The lowest BCUT2D eigenvalue weighted by Gasteiger charge is -2.26. The Morgan fingerprint density at radius 1 is 0.912 bits per heavy atom. The first-order valence-corrected chi connectivity index (χ1v) is 10.6. The topological polar surface area (TPSA) is 84.9 Å². The Balaban J connectivity index is 1.56. The molecule has 0 unspecified atom stereocenters. The number of carbonyl (C=O) groups excluding carboxylic acids is 3. The van der Waals surface area contributed by atoms with Crippen molar-refractivity contribution in [1.82, 2.24) is 5.32 Å². The summed E-state index contributed by atoms with van der Waals surface area (Å²) in [5.74, 6) is -0.898. The molecule has 172 valence electrons. The number of amides is 4. The first-order chi connectivity index (χ1) is 16.5. The van der Waals surface area contributed by atoms with Crippen LogP contribution in [0.5, 0.6) is 11.5 Å². The molecule has 0 atom stereocenters. The zero-order valence-electron chi connectivity index (χ0n) is 18.3. The van der Waals surface area contributed by atoms with E-state index in [4.69, 9.17) is 9.47 Å². The van der Waals surface area contributed by atoms with Crippen LogP contribution in [0.1, 0.15) is 18.1 Å². The van der Waals surface area contributed by atoms with Crippen molar-refractivity contribution in [2.24, 2.45) is 0 Å². The summed E-state index contributed by atoms with van der Waals surface area (Å²) in [6.45, 7) is 2.34. The highest BCUT2D eigenvalue weighted by Crippen LogP contribution is 2.25. The molecule has 1 N–H and O–H groups in total. The van der Waals surface area contributed by atoms with Crippen LogP contribution in [0.25, 0.3) is 6.08 Å². The second-order valence-corrected chi connectivity index (χ2v) is 7.34. The van der Waals surface area contributed by atoms with E-state index >= 15 is 0 Å². The maximum Gasteiger partial charge on any atom is 0.335 e. The highest BCUT2D eigenvalue weighted by molar-refractivity contribution is 6.39. The standard InChI is InChI=1S/C26H21FN2O5/c1-2-33-20-12-10-19(11-13-20)29-25(31)22(24(30)28-26(29)32)15-17-6-5-8-21(14-17)34-16-18-7-3-4-9-23(18)27/h3-15H,2,16H2,1H3,(H,28,30,32)/b22-15-. The maximum absolute atomic E-state index is 13.8. The normalized spacial score (nSPS) is 14.8. The van der Waals surface area contributed by atoms with Crippen LogP contribution in [-0.4, -0.2) is 24.5 Å².